The van der Waals surface area contributed by atoms with Gasteiger partial charge in [0, 0.05) is 23.2 Å². The molecule has 0 unspecified atom stereocenters. The zero-order valence-electron chi connectivity index (χ0n) is 10.7. The lowest BCUT2D eigenvalue weighted by Crippen LogP contribution is -2.23. The van der Waals surface area contributed by atoms with Crippen LogP contribution in [0.15, 0.2) is 57.9 Å². The van der Waals surface area contributed by atoms with Crippen molar-refractivity contribution in [1.82, 2.24) is 4.72 Å². The second-order valence-corrected chi connectivity index (χ2v) is 6.79. The number of rotatable bonds is 5. The fourth-order valence-corrected chi connectivity index (χ4v) is 3.08. The summed E-state index contributed by atoms with van der Waals surface area (Å²) >= 11 is 3.34. The van der Waals surface area contributed by atoms with Gasteiger partial charge in [0.2, 0.25) is 10.0 Å². The highest BCUT2D eigenvalue weighted by Gasteiger charge is 2.15. The standard InChI is InChI=1S/C13H11BrN2O4S/c14-13-4-2-1-3-10(13)9-15-21(19,20)12-7-5-11(6-8-12)16(17)18/h1-8,15H,9H2. The molecule has 0 fully saturated rings. The summed E-state index contributed by atoms with van der Waals surface area (Å²) in [4.78, 5) is 9.95. The molecule has 8 heteroatoms. The maximum absolute atomic E-state index is 12.1. The Morgan fingerprint density at radius 1 is 1.10 bits per heavy atom. The summed E-state index contributed by atoms with van der Waals surface area (Å²) in [6.45, 7) is 0.126. The van der Waals surface area contributed by atoms with Crippen LogP contribution in [0.25, 0.3) is 0 Å². The lowest BCUT2D eigenvalue weighted by molar-refractivity contribution is -0.384. The number of benzene rings is 2. The third-order valence-electron chi connectivity index (χ3n) is 2.77. The molecule has 0 saturated heterocycles. The van der Waals surface area contributed by atoms with E-state index < -0.39 is 14.9 Å². The number of hydrogen-bond donors (Lipinski definition) is 1. The average Bonchev–Trinajstić information content (AvgIpc) is 2.46. The van der Waals surface area contributed by atoms with Crippen LogP contribution in [0.5, 0.6) is 0 Å². The molecule has 0 spiro atoms. The lowest BCUT2D eigenvalue weighted by Gasteiger charge is -2.08. The van der Waals surface area contributed by atoms with Crippen molar-refractivity contribution in [3.05, 3.63) is 68.7 Å². The molecule has 0 aliphatic heterocycles. The molecule has 110 valence electrons. The van der Waals surface area contributed by atoms with E-state index in [0.29, 0.717) is 0 Å². The van der Waals surface area contributed by atoms with Crippen LogP contribution < -0.4 is 4.72 Å². The van der Waals surface area contributed by atoms with Crippen molar-refractivity contribution in [2.75, 3.05) is 0 Å². The first-order valence-corrected chi connectivity index (χ1v) is 8.15. The lowest BCUT2D eigenvalue weighted by atomic mass is 10.2. The highest BCUT2D eigenvalue weighted by Crippen LogP contribution is 2.18. The molecular formula is C13H11BrN2O4S. The highest BCUT2D eigenvalue weighted by molar-refractivity contribution is 9.10. The Hall–Kier alpha value is -1.77. The number of sulfonamides is 1. The van der Waals surface area contributed by atoms with Crippen LogP contribution in [-0.2, 0) is 16.6 Å². The Labute approximate surface area is 130 Å². The van der Waals surface area contributed by atoms with Crippen molar-refractivity contribution >= 4 is 31.6 Å². The monoisotopic (exact) mass is 370 g/mol. The topological polar surface area (TPSA) is 89.3 Å². The maximum atomic E-state index is 12.1. The van der Waals surface area contributed by atoms with Crippen LogP contribution in [0.1, 0.15) is 5.56 Å². The molecule has 21 heavy (non-hydrogen) atoms. The number of nitrogens with one attached hydrogen (secondary N) is 1. The predicted molar refractivity (Wildman–Crippen MR) is 81.3 cm³/mol. The summed E-state index contributed by atoms with van der Waals surface area (Å²) < 4.78 is 27.5. The molecule has 0 aromatic heterocycles. The van der Waals surface area contributed by atoms with Gasteiger partial charge >= 0.3 is 0 Å². The molecule has 6 nitrogen and oxygen atoms in total. The molecule has 2 aromatic carbocycles. The van der Waals surface area contributed by atoms with Gasteiger partial charge in [-0.1, -0.05) is 34.1 Å². The Bertz CT molecular complexity index is 760. The first-order chi connectivity index (χ1) is 9.90. The van der Waals surface area contributed by atoms with Gasteiger partial charge < -0.3 is 0 Å². The molecule has 2 aromatic rings. The zero-order chi connectivity index (χ0) is 15.5. The largest absolute Gasteiger partial charge is 0.269 e. The van der Waals surface area contributed by atoms with E-state index in [1.807, 2.05) is 12.1 Å². The number of hydrogen-bond acceptors (Lipinski definition) is 4. The van der Waals surface area contributed by atoms with E-state index in [-0.39, 0.29) is 17.1 Å². The van der Waals surface area contributed by atoms with Gasteiger partial charge in [0.1, 0.15) is 0 Å². The van der Waals surface area contributed by atoms with Crippen molar-refractivity contribution in [2.45, 2.75) is 11.4 Å². The van der Waals surface area contributed by atoms with Gasteiger partial charge in [0.25, 0.3) is 5.69 Å². The number of halogens is 1. The summed E-state index contributed by atoms with van der Waals surface area (Å²) in [5, 5.41) is 10.5. The molecule has 0 radical (unpaired) electrons. The van der Waals surface area contributed by atoms with E-state index in [9.17, 15) is 18.5 Å². The predicted octanol–water partition coefficient (Wildman–Crippen LogP) is 2.84. The van der Waals surface area contributed by atoms with E-state index >= 15 is 0 Å². The van der Waals surface area contributed by atoms with Gasteiger partial charge in [-0.05, 0) is 23.8 Å². The molecule has 1 N–H and O–H groups in total. The van der Waals surface area contributed by atoms with E-state index in [0.717, 1.165) is 22.2 Å². The van der Waals surface area contributed by atoms with Gasteiger partial charge in [-0.15, -0.1) is 0 Å². The van der Waals surface area contributed by atoms with Gasteiger partial charge in [-0.25, -0.2) is 13.1 Å². The molecule has 0 aliphatic rings. The number of nitrogens with zero attached hydrogens (tertiary/aromatic N) is 1. The molecule has 0 atom stereocenters. The van der Waals surface area contributed by atoms with E-state index in [4.69, 9.17) is 0 Å². The second kappa shape index (κ2) is 6.33. The smallest absolute Gasteiger partial charge is 0.258 e. The minimum Gasteiger partial charge on any atom is -0.258 e. The van der Waals surface area contributed by atoms with Crippen molar-refractivity contribution < 1.29 is 13.3 Å². The van der Waals surface area contributed by atoms with Gasteiger partial charge in [-0.3, -0.25) is 10.1 Å². The van der Waals surface area contributed by atoms with E-state index in [1.54, 1.807) is 12.1 Å². The molecule has 2 rings (SSSR count). The molecule has 0 amide bonds. The SMILES string of the molecule is O=[N+]([O-])c1ccc(S(=O)(=O)NCc2ccccc2Br)cc1. The molecule has 0 saturated carbocycles. The molecule has 0 heterocycles. The van der Waals surface area contributed by atoms with Gasteiger partial charge in [-0.2, -0.15) is 0 Å². The Morgan fingerprint density at radius 3 is 2.29 bits per heavy atom. The zero-order valence-corrected chi connectivity index (χ0v) is 13.1. The first-order valence-electron chi connectivity index (χ1n) is 5.88. The summed E-state index contributed by atoms with van der Waals surface area (Å²) in [5.41, 5.74) is 0.641. The minimum atomic E-state index is -3.71. The number of nitro groups is 1. The van der Waals surface area contributed by atoms with Crippen molar-refractivity contribution in [3.8, 4) is 0 Å². The summed E-state index contributed by atoms with van der Waals surface area (Å²) in [5.74, 6) is 0. The highest BCUT2D eigenvalue weighted by atomic mass is 79.9. The minimum absolute atomic E-state index is 0.0137. The number of non-ortho nitro benzene ring substituents is 1. The average molecular weight is 371 g/mol. The Balaban J connectivity index is 2.15. The van der Waals surface area contributed by atoms with Crippen molar-refractivity contribution in [3.63, 3.8) is 0 Å². The van der Waals surface area contributed by atoms with Crippen molar-refractivity contribution in [2.24, 2.45) is 0 Å². The van der Waals surface area contributed by atoms with Crippen LogP contribution in [0.4, 0.5) is 5.69 Å². The van der Waals surface area contributed by atoms with Crippen LogP contribution >= 0.6 is 15.9 Å². The third-order valence-corrected chi connectivity index (χ3v) is 4.96. The molecular weight excluding hydrogens is 360 g/mol. The second-order valence-electron chi connectivity index (χ2n) is 4.17. The summed E-state index contributed by atoms with van der Waals surface area (Å²) in [6, 6.07) is 12.0. The maximum Gasteiger partial charge on any atom is 0.269 e. The third kappa shape index (κ3) is 3.87. The van der Waals surface area contributed by atoms with Crippen LogP contribution in [-0.4, -0.2) is 13.3 Å². The Kier molecular flexibility index (Phi) is 4.71. The summed E-state index contributed by atoms with van der Waals surface area (Å²) in [6.07, 6.45) is 0. The van der Waals surface area contributed by atoms with E-state index in [2.05, 4.69) is 20.7 Å². The van der Waals surface area contributed by atoms with Crippen LogP contribution in [0.3, 0.4) is 0 Å². The fourth-order valence-electron chi connectivity index (χ4n) is 1.64. The van der Waals surface area contributed by atoms with Crippen molar-refractivity contribution in [1.29, 1.82) is 0 Å². The molecule has 0 bridgehead atoms. The quantitative estimate of drug-likeness (QED) is 0.647. The van der Waals surface area contributed by atoms with E-state index in [1.165, 1.54) is 12.1 Å². The normalized spacial score (nSPS) is 11.3. The Morgan fingerprint density at radius 2 is 1.71 bits per heavy atom. The first kappa shape index (κ1) is 15.6. The summed E-state index contributed by atoms with van der Waals surface area (Å²) in [7, 11) is -3.71. The number of nitro benzene ring substituents is 1. The fraction of sp³-hybridized carbons (Fsp3) is 0.0769. The van der Waals surface area contributed by atoms with Gasteiger partial charge in [0.05, 0.1) is 9.82 Å². The van der Waals surface area contributed by atoms with Crippen LogP contribution in [0.2, 0.25) is 0 Å². The molecule has 0 aliphatic carbocycles. The van der Waals surface area contributed by atoms with Gasteiger partial charge in [0.15, 0.2) is 0 Å². The van der Waals surface area contributed by atoms with Crippen LogP contribution in [0, 0.1) is 10.1 Å².